The number of benzene rings is 2. The fourth-order valence-corrected chi connectivity index (χ4v) is 2.37. The van der Waals surface area contributed by atoms with E-state index >= 15 is 0 Å². The van der Waals surface area contributed by atoms with Crippen molar-refractivity contribution in [3.8, 4) is 0 Å². The van der Waals surface area contributed by atoms with E-state index in [1.807, 2.05) is 0 Å². The number of halogens is 3. The van der Waals surface area contributed by atoms with Crippen LogP contribution in [0, 0.1) is 0 Å². The molecule has 0 fully saturated rings. The Balaban J connectivity index is 1.74. The Morgan fingerprint density at radius 3 is 2.23 bits per heavy atom. The van der Waals surface area contributed by atoms with Crippen molar-refractivity contribution in [2.75, 3.05) is 11.9 Å². The first kappa shape index (κ1) is 20.2. The molecule has 0 radical (unpaired) electrons. The molecule has 0 aromatic heterocycles. The number of amides is 1. The van der Waals surface area contributed by atoms with Crippen molar-refractivity contribution in [2.24, 2.45) is 0 Å². The van der Waals surface area contributed by atoms with Crippen LogP contribution in [0.4, 0.5) is 5.69 Å². The lowest BCUT2D eigenvalue weighted by Gasteiger charge is -2.06. The molecular formula is C18H14Cl3NO4. The summed E-state index contributed by atoms with van der Waals surface area (Å²) in [5.74, 6) is -1.41. The van der Waals surface area contributed by atoms with E-state index in [2.05, 4.69) is 5.32 Å². The van der Waals surface area contributed by atoms with Crippen LogP contribution >= 0.6 is 34.8 Å². The number of carbonyl (C=O) groups is 3. The van der Waals surface area contributed by atoms with Crippen LogP contribution in [0.25, 0.3) is 0 Å². The predicted molar refractivity (Wildman–Crippen MR) is 101 cm³/mol. The summed E-state index contributed by atoms with van der Waals surface area (Å²) in [6, 6.07) is 11.0. The van der Waals surface area contributed by atoms with E-state index in [0.717, 1.165) is 0 Å². The molecule has 1 N–H and O–H groups in total. The number of hydrogen-bond acceptors (Lipinski definition) is 4. The molecule has 0 heterocycles. The first-order chi connectivity index (χ1) is 12.3. The lowest BCUT2D eigenvalue weighted by Crippen LogP contribution is -2.17. The third kappa shape index (κ3) is 6.33. The maximum atomic E-state index is 12.0. The maximum Gasteiger partial charge on any atom is 0.306 e. The van der Waals surface area contributed by atoms with Gasteiger partial charge >= 0.3 is 5.97 Å². The van der Waals surface area contributed by atoms with Crippen molar-refractivity contribution in [3.05, 3.63) is 63.1 Å². The molecular weight excluding hydrogens is 401 g/mol. The molecule has 2 rings (SSSR count). The Morgan fingerprint density at radius 1 is 0.885 bits per heavy atom. The molecule has 0 unspecified atom stereocenters. The average Bonchev–Trinajstić information content (AvgIpc) is 2.62. The number of anilines is 1. The summed E-state index contributed by atoms with van der Waals surface area (Å²) in [4.78, 5) is 35.4. The van der Waals surface area contributed by atoms with Gasteiger partial charge in [-0.15, -0.1) is 0 Å². The zero-order valence-corrected chi connectivity index (χ0v) is 15.7. The molecule has 0 aliphatic rings. The van der Waals surface area contributed by atoms with Gasteiger partial charge in [0, 0.05) is 22.7 Å². The Bertz CT molecular complexity index is 822. The largest absolute Gasteiger partial charge is 0.457 e. The summed E-state index contributed by atoms with van der Waals surface area (Å²) in [5.41, 5.74) is 0.857. The Morgan fingerprint density at radius 2 is 1.58 bits per heavy atom. The van der Waals surface area contributed by atoms with E-state index in [1.54, 1.807) is 24.3 Å². The number of rotatable bonds is 7. The van der Waals surface area contributed by atoms with Crippen LogP contribution < -0.4 is 5.32 Å². The van der Waals surface area contributed by atoms with Gasteiger partial charge in [0.25, 0.3) is 0 Å². The summed E-state index contributed by atoms with van der Waals surface area (Å²) in [6.45, 7) is -0.435. The zero-order chi connectivity index (χ0) is 19.1. The lowest BCUT2D eigenvalue weighted by atomic mass is 10.1. The molecule has 0 saturated heterocycles. The molecule has 0 saturated carbocycles. The van der Waals surface area contributed by atoms with E-state index in [0.29, 0.717) is 15.7 Å². The molecule has 2 aromatic carbocycles. The molecule has 8 heteroatoms. The Kier molecular flexibility index (Phi) is 7.45. The fraction of sp³-hybridized carbons (Fsp3) is 0.167. The molecule has 0 bridgehead atoms. The molecule has 0 aliphatic heterocycles. The minimum absolute atomic E-state index is 0.0670. The number of nitrogens with one attached hydrogen (secondary N) is 1. The van der Waals surface area contributed by atoms with Crippen LogP contribution in [-0.2, 0) is 14.3 Å². The van der Waals surface area contributed by atoms with E-state index < -0.39 is 18.4 Å². The number of ether oxygens (including phenoxy) is 1. The normalized spacial score (nSPS) is 10.3. The number of carbonyl (C=O) groups excluding carboxylic acids is 3. The molecule has 5 nitrogen and oxygen atoms in total. The Hall–Kier alpha value is -2.08. The summed E-state index contributed by atoms with van der Waals surface area (Å²) in [7, 11) is 0. The van der Waals surface area contributed by atoms with Crippen molar-refractivity contribution in [1.82, 2.24) is 0 Å². The van der Waals surface area contributed by atoms with Crippen molar-refractivity contribution >= 4 is 58.1 Å². The van der Waals surface area contributed by atoms with Gasteiger partial charge < -0.3 is 10.1 Å². The minimum Gasteiger partial charge on any atom is -0.457 e. The summed E-state index contributed by atoms with van der Waals surface area (Å²) in [5, 5.41) is 3.75. The fourth-order valence-electron chi connectivity index (χ4n) is 1.94. The number of ketones is 1. The standard InChI is InChI=1S/C18H14Cl3NO4/c19-12-2-4-13(5-3-12)22-17(24)7-8-18(25)26-10-16(23)11-1-6-14(20)15(21)9-11/h1-6,9H,7-8,10H2,(H,22,24). The van der Waals surface area contributed by atoms with Crippen LogP contribution in [-0.4, -0.2) is 24.3 Å². The first-order valence-corrected chi connectivity index (χ1v) is 8.68. The molecule has 1 amide bonds. The van der Waals surface area contributed by atoms with Gasteiger partial charge in [0.15, 0.2) is 12.4 Å². The topological polar surface area (TPSA) is 72.5 Å². The van der Waals surface area contributed by atoms with Gasteiger partial charge in [0.05, 0.1) is 16.5 Å². The highest BCUT2D eigenvalue weighted by atomic mass is 35.5. The van der Waals surface area contributed by atoms with Crippen molar-refractivity contribution in [3.63, 3.8) is 0 Å². The van der Waals surface area contributed by atoms with Gasteiger partial charge in [0.1, 0.15) is 0 Å². The van der Waals surface area contributed by atoms with Crippen LogP contribution in [0.2, 0.25) is 15.1 Å². The van der Waals surface area contributed by atoms with Gasteiger partial charge in [-0.1, -0.05) is 34.8 Å². The summed E-state index contributed by atoms with van der Waals surface area (Å²) in [6.07, 6.45) is -0.212. The summed E-state index contributed by atoms with van der Waals surface area (Å²) >= 11 is 17.4. The SMILES string of the molecule is O=C(CCC(=O)OCC(=O)c1ccc(Cl)c(Cl)c1)Nc1ccc(Cl)cc1. The van der Waals surface area contributed by atoms with Gasteiger partial charge in [-0.3, -0.25) is 14.4 Å². The highest BCUT2D eigenvalue weighted by molar-refractivity contribution is 6.42. The molecule has 136 valence electrons. The maximum absolute atomic E-state index is 12.0. The molecule has 0 spiro atoms. The third-order valence-corrected chi connectivity index (χ3v) is 4.28. The predicted octanol–water partition coefficient (Wildman–Crippen LogP) is 4.79. The number of Topliss-reactive ketones (excluding diaryl/α,β-unsaturated/α-hetero) is 1. The second-order valence-corrected chi connectivity index (χ2v) is 6.52. The highest BCUT2D eigenvalue weighted by Gasteiger charge is 2.13. The van der Waals surface area contributed by atoms with Crippen LogP contribution in [0.3, 0.4) is 0 Å². The quantitative estimate of drug-likeness (QED) is 0.522. The van der Waals surface area contributed by atoms with Crippen molar-refractivity contribution < 1.29 is 19.1 Å². The second-order valence-electron chi connectivity index (χ2n) is 5.27. The number of esters is 1. The lowest BCUT2D eigenvalue weighted by molar-refractivity contribution is -0.143. The van der Waals surface area contributed by atoms with Crippen molar-refractivity contribution in [2.45, 2.75) is 12.8 Å². The average molecular weight is 415 g/mol. The van der Waals surface area contributed by atoms with E-state index in [9.17, 15) is 14.4 Å². The van der Waals surface area contributed by atoms with E-state index in [-0.39, 0.29) is 29.3 Å². The molecule has 2 aromatic rings. The van der Waals surface area contributed by atoms with Gasteiger partial charge in [-0.05, 0) is 42.5 Å². The van der Waals surface area contributed by atoms with Gasteiger partial charge in [-0.25, -0.2) is 0 Å². The van der Waals surface area contributed by atoms with Crippen LogP contribution in [0.5, 0.6) is 0 Å². The molecule has 26 heavy (non-hydrogen) atoms. The highest BCUT2D eigenvalue weighted by Crippen LogP contribution is 2.22. The van der Waals surface area contributed by atoms with Crippen LogP contribution in [0.1, 0.15) is 23.2 Å². The Labute approximate surface area is 165 Å². The third-order valence-electron chi connectivity index (χ3n) is 3.29. The monoisotopic (exact) mass is 413 g/mol. The van der Waals surface area contributed by atoms with Gasteiger partial charge in [-0.2, -0.15) is 0 Å². The summed E-state index contributed by atoms with van der Waals surface area (Å²) < 4.78 is 4.88. The first-order valence-electron chi connectivity index (χ1n) is 7.54. The molecule has 0 aliphatic carbocycles. The van der Waals surface area contributed by atoms with Crippen molar-refractivity contribution in [1.29, 1.82) is 0 Å². The smallest absolute Gasteiger partial charge is 0.306 e. The second kappa shape index (κ2) is 9.57. The van der Waals surface area contributed by atoms with E-state index in [1.165, 1.54) is 18.2 Å². The van der Waals surface area contributed by atoms with Gasteiger partial charge in [0.2, 0.25) is 5.91 Å². The number of hydrogen-bond donors (Lipinski definition) is 1. The van der Waals surface area contributed by atoms with E-state index in [4.69, 9.17) is 39.5 Å². The molecule has 0 atom stereocenters. The zero-order valence-electron chi connectivity index (χ0n) is 13.4. The minimum atomic E-state index is -0.648. The van der Waals surface area contributed by atoms with Crippen LogP contribution in [0.15, 0.2) is 42.5 Å².